The van der Waals surface area contributed by atoms with E-state index in [4.69, 9.17) is 28.9 Å². The minimum absolute atomic E-state index is 0.00686. The number of benzene rings is 2. The summed E-state index contributed by atoms with van der Waals surface area (Å²) >= 11 is 12.1. The maximum atomic E-state index is 12.6. The van der Waals surface area contributed by atoms with Crippen molar-refractivity contribution in [3.63, 3.8) is 0 Å². The molecule has 6 heteroatoms. The number of amides is 1. The van der Waals surface area contributed by atoms with E-state index in [0.717, 1.165) is 6.54 Å². The number of halogens is 2. The number of nitrogens with one attached hydrogen (secondary N) is 1. The molecule has 1 amide bonds. The quantitative estimate of drug-likeness (QED) is 0.852. The zero-order valence-electron chi connectivity index (χ0n) is 14.0. The number of nitrogens with zero attached hydrogens (tertiary/aromatic N) is 1. The normalized spacial score (nSPS) is 21.9. The molecule has 1 heterocycles. The van der Waals surface area contributed by atoms with E-state index in [1.807, 2.05) is 25.1 Å². The first-order valence-corrected chi connectivity index (χ1v) is 9.02. The molecule has 132 valence electrons. The zero-order chi connectivity index (χ0) is 18.0. The molecule has 25 heavy (non-hydrogen) atoms. The predicted molar refractivity (Wildman–Crippen MR) is 103 cm³/mol. The van der Waals surface area contributed by atoms with Crippen LogP contribution < -0.4 is 11.1 Å². The highest BCUT2D eigenvalue weighted by molar-refractivity contribution is 6.44. The Morgan fingerprint density at radius 3 is 2.60 bits per heavy atom. The lowest BCUT2D eigenvalue weighted by atomic mass is 9.95. The van der Waals surface area contributed by atoms with E-state index < -0.39 is 0 Å². The molecule has 0 radical (unpaired) electrons. The molecular formula is C19H21Cl2N3O. The molecule has 3 N–H and O–H groups in total. The van der Waals surface area contributed by atoms with Crippen LogP contribution in [0.3, 0.4) is 0 Å². The van der Waals surface area contributed by atoms with Crippen LogP contribution in [0.2, 0.25) is 10.0 Å². The molecular weight excluding hydrogens is 357 g/mol. The molecule has 2 aromatic rings. The Bertz CT molecular complexity index is 754. The molecule has 1 aliphatic rings. The van der Waals surface area contributed by atoms with Crippen LogP contribution in [0.5, 0.6) is 0 Å². The molecule has 1 unspecified atom stereocenters. The summed E-state index contributed by atoms with van der Waals surface area (Å²) in [7, 11) is 0. The summed E-state index contributed by atoms with van der Waals surface area (Å²) in [5, 5.41) is 3.63. The summed E-state index contributed by atoms with van der Waals surface area (Å²) in [4.78, 5) is 14.7. The van der Waals surface area contributed by atoms with E-state index in [2.05, 4.69) is 22.3 Å². The molecule has 2 aromatic carbocycles. The average molecular weight is 378 g/mol. The van der Waals surface area contributed by atoms with Crippen LogP contribution in [0.15, 0.2) is 48.5 Å². The second-order valence-corrected chi connectivity index (χ2v) is 7.19. The molecule has 0 aromatic heterocycles. The minimum Gasteiger partial charge on any atom is -0.326 e. The van der Waals surface area contributed by atoms with Gasteiger partial charge in [-0.15, -0.1) is 0 Å². The smallest absolute Gasteiger partial charge is 0.241 e. The second-order valence-electron chi connectivity index (χ2n) is 6.40. The highest BCUT2D eigenvalue weighted by atomic mass is 35.5. The number of rotatable bonds is 4. The van der Waals surface area contributed by atoms with Gasteiger partial charge in [0.15, 0.2) is 0 Å². The molecule has 1 aliphatic heterocycles. The van der Waals surface area contributed by atoms with Crippen molar-refractivity contribution in [2.24, 2.45) is 5.73 Å². The first kappa shape index (κ1) is 18.2. The van der Waals surface area contributed by atoms with Gasteiger partial charge in [-0.1, -0.05) is 59.6 Å². The van der Waals surface area contributed by atoms with Gasteiger partial charge in [-0.25, -0.2) is 0 Å². The number of hydrogen-bond donors (Lipinski definition) is 2. The van der Waals surface area contributed by atoms with Crippen LogP contribution in [-0.2, 0) is 4.79 Å². The van der Waals surface area contributed by atoms with Gasteiger partial charge in [0, 0.05) is 25.0 Å². The SMILES string of the molecule is CC(C(=O)Nc1cccc(Cl)c1Cl)N1C[C@@H](N)[C@H](c2ccccc2)C1. The predicted octanol–water partition coefficient (Wildman–Crippen LogP) is 3.75. The lowest BCUT2D eigenvalue weighted by Crippen LogP contribution is -2.41. The lowest BCUT2D eigenvalue weighted by molar-refractivity contribution is -0.120. The monoisotopic (exact) mass is 377 g/mol. The Labute approximate surface area is 157 Å². The maximum Gasteiger partial charge on any atom is 0.241 e. The summed E-state index contributed by atoms with van der Waals surface area (Å²) < 4.78 is 0. The van der Waals surface area contributed by atoms with Gasteiger partial charge in [0.25, 0.3) is 0 Å². The van der Waals surface area contributed by atoms with Crippen molar-refractivity contribution in [2.45, 2.75) is 24.9 Å². The minimum atomic E-state index is -0.310. The number of nitrogens with two attached hydrogens (primary N) is 1. The van der Waals surface area contributed by atoms with Crippen LogP contribution >= 0.6 is 23.2 Å². The van der Waals surface area contributed by atoms with Crippen LogP contribution in [-0.4, -0.2) is 36.0 Å². The van der Waals surface area contributed by atoms with Crippen LogP contribution in [0, 0.1) is 0 Å². The summed E-state index contributed by atoms with van der Waals surface area (Å²) in [5.41, 5.74) is 8.06. The molecule has 0 aliphatic carbocycles. The van der Waals surface area contributed by atoms with Crippen molar-refractivity contribution in [1.82, 2.24) is 4.90 Å². The summed E-state index contributed by atoms with van der Waals surface area (Å²) in [6.45, 7) is 3.31. The molecule has 0 spiro atoms. The highest BCUT2D eigenvalue weighted by Crippen LogP contribution is 2.31. The third-order valence-electron chi connectivity index (χ3n) is 4.76. The summed E-state index contributed by atoms with van der Waals surface area (Å²) in [6.07, 6.45) is 0. The molecule has 3 atom stereocenters. The Hall–Kier alpha value is -1.59. The number of anilines is 1. The Morgan fingerprint density at radius 1 is 1.16 bits per heavy atom. The van der Waals surface area contributed by atoms with Gasteiger partial charge in [0.2, 0.25) is 5.91 Å². The molecule has 3 rings (SSSR count). The van der Waals surface area contributed by atoms with E-state index in [0.29, 0.717) is 22.3 Å². The van der Waals surface area contributed by atoms with Gasteiger partial charge in [0.1, 0.15) is 0 Å². The Morgan fingerprint density at radius 2 is 1.88 bits per heavy atom. The lowest BCUT2D eigenvalue weighted by Gasteiger charge is -2.23. The van der Waals surface area contributed by atoms with Gasteiger partial charge in [-0.3, -0.25) is 9.69 Å². The van der Waals surface area contributed by atoms with Crippen molar-refractivity contribution in [2.75, 3.05) is 18.4 Å². The van der Waals surface area contributed by atoms with Gasteiger partial charge in [-0.2, -0.15) is 0 Å². The molecule has 0 bridgehead atoms. The Balaban J connectivity index is 1.68. The summed E-state index contributed by atoms with van der Waals surface area (Å²) in [6, 6.07) is 15.1. The van der Waals surface area contributed by atoms with E-state index >= 15 is 0 Å². The number of likely N-dealkylation sites (tertiary alicyclic amines) is 1. The number of carbonyl (C=O) groups excluding carboxylic acids is 1. The highest BCUT2D eigenvalue weighted by Gasteiger charge is 2.35. The van der Waals surface area contributed by atoms with Gasteiger partial charge >= 0.3 is 0 Å². The third-order valence-corrected chi connectivity index (χ3v) is 5.58. The fraction of sp³-hybridized carbons (Fsp3) is 0.316. The molecule has 4 nitrogen and oxygen atoms in total. The second kappa shape index (κ2) is 7.75. The zero-order valence-corrected chi connectivity index (χ0v) is 15.5. The largest absolute Gasteiger partial charge is 0.326 e. The van der Waals surface area contributed by atoms with E-state index in [9.17, 15) is 4.79 Å². The molecule has 1 fully saturated rings. The topological polar surface area (TPSA) is 58.4 Å². The van der Waals surface area contributed by atoms with Gasteiger partial charge in [-0.05, 0) is 24.6 Å². The van der Waals surface area contributed by atoms with E-state index in [1.54, 1.807) is 18.2 Å². The average Bonchev–Trinajstić information content (AvgIpc) is 3.00. The fourth-order valence-electron chi connectivity index (χ4n) is 3.23. The van der Waals surface area contributed by atoms with Crippen LogP contribution in [0.25, 0.3) is 0 Å². The van der Waals surface area contributed by atoms with Crippen LogP contribution in [0.1, 0.15) is 18.4 Å². The van der Waals surface area contributed by atoms with Crippen molar-refractivity contribution in [1.29, 1.82) is 0 Å². The summed E-state index contributed by atoms with van der Waals surface area (Å²) in [5.74, 6) is 0.108. The van der Waals surface area contributed by atoms with E-state index in [-0.39, 0.29) is 23.9 Å². The van der Waals surface area contributed by atoms with Crippen molar-refractivity contribution >= 4 is 34.8 Å². The first-order valence-electron chi connectivity index (χ1n) is 8.27. The van der Waals surface area contributed by atoms with Crippen LogP contribution in [0.4, 0.5) is 5.69 Å². The van der Waals surface area contributed by atoms with Gasteiger partial charge < -0.3 is 11.1 Å². The van der Waals surface area contributed by atoms with Crippen molar-refractivity contribution < 1.29 is 4.79 Å². The fourth-order valence-corrected chi connectivity index (χ4v) is 3.58. The third kappa shape index (κ3) is 3.98. The van der Waals surface area contributed by atoms with E-state index in [1.165, 1.54) is 5.56 Å². The number of carbonyl (C=O) groups is 1. The standard InChI is InChI=1S/C19H21Cl2N3O/c1-12(19(25)23-17-9-5-8-15(20)18(17)21)24-10-14(16(22)11-24)13-6-3-2-4-7-13/h2-9,12,14,16H,10-11,22H2,1H3,(H,23,25)/t12?,14-,16+/m0/s1. The Kier molecular flexibility index (Phi) is 5.64. The number of hydrogen-bond acceptors (Lipinski definition) is 3. The van der Waals surface area contributed by atoms with Crippen molar-refractivity contribution in [3.8, 4) is 0 Å². The first-order chi connectivity index (χ1) is 12.0. The van der Waals surface area contributed by atoms with Gasteiger partial charge in [0.05, 0.1) is 21.8 Å². The molecule has 1 saturated heterocycles. The molecule has 0 saturated carbocycles. The van der Waals surface area contributed by atoms with Crippen molar-refractivity contribution in [3.05, 3.63) is 64.1 Å². The maximum absolute atomic E-state index is 12.6.